The van der Waals surface area contributed by atoms with Crippen LogP contribution in [0.5, 0.6) is 5.75 Å². The third-order valence-corrected chi connectivity index (χ3v) is 4.69. The Hall–Kier alpha value is -2.20. The SMILES string of the molecule is CC[C@H](Oc1ccccc1Cl)C(=O)Nc1ccc(N2CCCC2)cc1. The first-order valence-corrected chi connectivity index (χ1v) is 9.12. The van der Waals surface area contributed by atoms with Crippen molar-refractivity contribution >= 4 is 28.9 Å². The van der Waals surface area contributed by atoms with E-state index in [-0.39, 0.29) is 5.91 Å². The topological polar surface area (TPSA) is 41.6 Å². The maximum absolute atomic E-state index is 12.5. The molecular weight excluding hydrogens is 336 g/mol. The summed E-state index contributed by atoms with van der Waals surface area (Å²) >= 11 is 6.11. The second kappa shape index (κ2) is 8.26. The standard InChI is InChI=1S/C20H23ClN2O2/c1-2-18(25-19-8-4-3-7-17(19)21)20(24)22-15-9-11-16(12-10-15)23-13-5-6-14-23/h3-4,7-12,18H,2,5-6,13-14H2,1H3,(H,22,24)/t18-/m0/s1. The van der Waals surface area contributed by atoms with Crippen LogP contribution in [0, 0.1) is 0 Å². The third kappa shape index (κ3) is 4.45. The van der Waals surface area contributed by atoms with Crippen molar-refractivity contribution in [2.45, 2.75) is 32.3 Å². The van der Waals surface area contributed by atoms with Crippen LogP contribution in [0.3, 0.4) is 0 Å². The number of hydrogen-bond acceptors (Lipinski definition) is 3. The second-order valence-electron chi connectivity index (χ2n) is 6.18. The third-order valence-electron chi connectivity index (χ3n) is 4.38. The first-order valence-electron chi connectivity index (χ1n) is 8.74. The number of halogens is 1. The molecule has 1 amide bonds. The van der Waals surface area contributed by atoms with E-state index in [2.05, 4.69) is 22.3 Å². The smallest absolute Gasteiger partial charge is 0.265 e. The maximum atomic E-state index is 12.5. The Kier molecular flexibility index (Phi) is 5.82. The molecule has 0 bridgehead atoms. The van der Waals surface area contributed by atoms with Gasteiger partial charge in [0.15, 0.2) is 6.10 Å². The van der Waals surface area contributed by atoms with Crippen LogP contribution in [-0.4, -0.2) is 25.1 Å². The molecule has 25 heavy (non-hydrogen) atoms. The number of amides is 1. The zero-order valence-electron chi connectivity index (χ0n) is 14.4. The molecule has 2 aromatic rings. The molecule has 5 heteroatoms. The number of carbonyl (C=O) groups is 1. The summed E-state index contributed by atoms with van der Waals surface area (Å²) in [6.07, 6.45) is 2.47. The Morgan fingerprint density at radius 2 is 1.84 bits per heavy atom. The number of hydrogen-bond donors (Lipinski definition) is 1. The Labute approximate surface area is 153 Å². The fourth-order valence-corrected chi connectivity index (χ4v) is 3.15. The summed E-state index contributed by atoms with van der Waals surface area (Å²) in [4.78, 5) is 14.9. The maximum Gasteiger partial charge on any atom is 0.265 e. The predicted octanol–water partition coefficient (Wildman–Crippen LogP) is 4.74. The number of para-hydroxylation sites is 1. The molecular formula is C20H23ClN2O2. The fraction of sp³-hybridized carbons (Fsp3) is 0.350. The van der Waals surface area contributed by atoms with Crippen molar-refractivity contribution in [3.8, 4) is 5.75 Å². The monoisotopic (exact) mass is 358 g/mol. The first kappa shape index (κ1) is 17.6. The van der Waals surface area contributed by atoms with E-state index < -0.39 is 6.10 Å². The van der Waals surface area contributed by atoms with Crippen LogP contribution in [0.4, 0.5) is 11.4 Å². The van der Waals surface area contributed by atoms with Gasteiger partial charge in [-0.1, -0.05) is 30.7 Å². The summed E-state index contributed by atoms with van der Waals surface area (Å²) in [6, 6.07) is 15.2. The highest BCUT2D eigenvalue weighted by Crippen LogP contribution is 2.26. The van der Waals surface area contributed by atoms with Crippen LogP contribution in [0.15, 0.2) is 48.5 Å². The Bertz CT molecular complexity index is 712. The summed E-state index contributed by atoms with van der Waals surface area (Å²) in [6.45, 7) is 4.13. The van der Waals surface area contributed by atoms with Gasteiger partial charge < -0.3 is 15.0 Å². The molecule has 4 nitrogen and oxygen atoms in total. The van der Waals surface area contributed by atoms with Crippen LogP contribution in [-0.2, 0) is 4.79 Å². The zero-order chi connectivity index (χ0) is 17.6. The van der Waals surface area contributed by atoms with E-state index in [4.69, 9.17) is 16.3 Å². The molecule has 1 atom stereocenters. The molecule has 3 rings (SSSR count). The lowest BCUT2D eigenvalue weighted by Crippen LogP contribution is -2.32. The van der Waals surface area contributed by atoms with E-state index >= 15 is 0 Å². The lowest BCUT2D eigenvalue weighted by molar-refractivity contribution is -0.122. The average Bonchev–Trinajstić information content (AvgIpc) is 3.16. The van der Waals surface area contributed by atoms with Gasteiger partial charge in [-0.05, 0) is 55.7 Å². The predicted molar refractivity (Wildman–Crippen MR) is 103 cm³/mol. The molecule has 0 unspecified atom stereocenters. The highest BCUT2D eigenvalue weighted by atomic mass is 35.5. The molecule has 1 saturated heterocycles. The van der Waals surface area contributed by atoms with Crippen molar-refractivity contribution < 1.29 is 9.53 Å². The molecule has 1 N–H and O–H groups in total. The second-order valence-corrected chi connectivity index (χ2v) is 6.58. The molecule has 0 radical (unpaired) electrons. The molecule has 0 spiro atoms. The molecule has 0 saturated carbocycles. The molecule has 2 aromatic carbocycles. The summed E-state index contributed by atoms with van der Waals surface area (Å²) in [7, 11) is 0. The van der Waals surface area contributed by atoms with Gasteiger partial charge in [-0.25, -0.2) is 0 Å². The lowest BCUT2D eigenvalue weighted by Gasteiger charge is -2.19. The number of rotatable bonds is 6. The average molecular weight is 359 g/mol. The number of carbonyl (C=O) groups excluding carboxylic acids is 1. The minimum absolute atomic E-state index is 0.170. The van der Waals surface area contributed by atoms with Gasteiger partial charge in [-0.3, -0.25) is 4.79 Å². The molecule has 0 aromatic heterocycles. The van der Waals surface area contributed by atoms with Crippen LogP contribution in [0.25, 0.3) is 0 Å². The van der Waals surface area contributed by atoms with Gasteiger partial charge in [0.05, 0.1) is 5.02 Å². The Morgan fingerprint density at radius 3 is 2.48 bits per heavy atom. The van der Waals surface area contributed by atoms with Gasteiger partial charge in [0.2, 0.25) is 0 Å². The van der Waals surface area contributed by atoms with E-state index in [9.17, 15) is 4.79 Å². The van der Waals surface area contributed by atoms with Crippen molar-refractivity contribution in [3.05, 3.63) is 53.6 Å². The van der Waals surface area contributed by atoms with Crippen molar-refractivity contribution in [1.82, 2.24) is 0 Å². The highest BCUT2D eigenvalue weighted by molar-refractivity contribution is 6.32. The van der Waals surface area contributed by atoms with Gasteiger partial charge in [0, 0.05) is 24.5 Å². The van der Waals surface area contributed by atoms with E-state index in [0.29, 0.717) is 17.2 Å². The molecule has 1 fully saturated rings. The Morgan fingerprint density at radius 1 is 1.16 bits per heavy atom. The minimum atomic E-state index is -0.585. The lowest BCUT2D eigenvalue weighted by atomic mass is 10.2. The number of anilines is 2. The quantitative estimate of drug-likeness (QED) is 0.811. The van der Waals surface area contributed by atoms with Crippen molar-refractivity contribution in [1.29, 1.82) is 0 Å². The molecule has 1 aliphatic heterocycles. The van der Waals surface area contributed by atoms with E-state index in [1.54, 1.807) is 12.1 Å². The van der Waals surface area contributed by atoms with Crippen molar-refractivity contribution in [3.63, 3.8) is 0 Å². The van der Waals surface area contributed by atoms with E-state index in [1.807, 2.05) is 31.2 Å². The molecule has 1 heterocycles. The largest absolute Gasteiger partial charge is 0.479 e. The summed E-state index contributed by atoms with van der Waals surface area (Å²) in [5, 5.41) is 3.43. The van der Waals surface area contributed by atoms with Gasteiger partial charge in [0.25, 0.3) is 5.91 Å². The van der Waals surface area contributed by atoms with Gasteiger partial charge >= 0.3 is 0 Å². The van der Waals surface area contributed by atoms with Gasteiger partial charge in [0.1, 0.15) is 5.75 Å². The normalized spacial score (nSPS) is 15.0. The van der Waals surface area contributed by atoms with E-state index in [1.165, 1.54) is 18.5 Å². The number of nitrogens with zero attached hydrogens (tertiary/aromatic N) is 1. The van der Waals surface area contributed by atoms with E-state index in [0.717, 1.165) is 18.8 Å². The van der Waals surface area contributed by atoms with Crippen LogP contribution in [0.2, 0.25) is 5.02 Å². The van der Waals surface area contributed by atoms with Crippen LogP contribution >= 0.6 is 11.6 Å². The van der Waals surface area contributed by atoms with Crippen LogP contribution < -0.4 is 15.0 Å². The fourth-order valence-electron chi connectivity index (χ4n) is 2.97. The molecule has 0 aliphatic carbocycles. The molecule has 1 aliphatic rings. The van der Waals surface area contributed by atoms with Crippen LogP contribution in [0.1, 0.15) is 26.2 Å². The summed E-state index contributed by atoms with van der Waals surface area (Å²) in [5.74, 6) is 0.354. The number of ether oxygens (including phenoxy) is 1. The minimum Gasteiger partial charge on any atom is -0.479 e. The zero-order valence-corrected chi connectivity index (χ0v) is 15.1. The highest BCUT2D eigenvalue weighted by Gasteiger charge is 2.20. The van der Waals surface area contributed by atoms with Crippen molar-refractivity contribution in [2.75, 3.05) is 23.3 Å². The summed E-state index contributed by atoms with van der Waals surface area (Å²) in [5.41, 5.74) is 1.98. The first-order chi connectivity index (χ1) is 12.2. The van der Waals surface area contributed by atoms with Crippen molar-refractivity contribution in [2.24, 2.45) is 0 Å². The number of benzene rings is 2. The summed E-state index contributed by atoms with van der Waals surface area (Å²) < 4.78 is 5.78. The molecule has 132 valence electrons. The van der Waals surface area contributed by atoms with Gasteiger partial charge in [-0.15, -0.1) is 0 Å². The number of nitrogens with one attached hydrogen (secondary N) is 1. The van der Waals surface area contributed by atoms with Gasteiger partial charge in [-0.2, -0.15) is 0 Å². The Balaban J connectivity index is 1.62.